The summed E-state index contributed by atoms with van der Waals surface area (Å²) in [5, 5.41) is 0. The van der Waals surface area contributed by atoms with Crippen LogP contribution in [0.1, 0.15) is 27.6 Å². The minimum Gasteiger partial charge on any atom is -0.497 e. The van der Waals surface area contributed by atoms with Crippen molar-refractivity contribution >= 4 is 11.8 Å². The molecule has 0 radical (unpaired) electrons. The summed E-state index contributed by atoms with van der Waals surface area (Å²) in [6, 6.07) is 11.7. The quantitative estimate of drug-likeness (QED) is 0.416. The van der Waals surface area contributed by atoms with Gasteiger partial charge in [0, 0.05) is 6.07 Å². The predicted octanol–water partition coefficient (Wildman–Crippen LogP) is 3.14. The molecule has 0 saturated heterocycles. The van der Waals surface area contributed by atoms with E-state index < -0.39 is 5.97 Å². The third kappa shape index (κ3) is 4.97. The second-order valence-electron chi connectivity index (χ2n) is 5.14. The molecule has 0 atom stereocenters. The molecule has 0 saturated carbocycles. The second-order valence-corrected chi connectivity index (χ2v) is 5.14. The summed E-state index contributed by atoms with van der Waals surface area (Å²) in [4.78, 5) is 23.6. The number of methoxy groups -OCH3 is 2. The molecule has 0 aliphatic heterocycles. The van der Waals surface area contributed by atoms with Crippen molar-refractivity contribution in [2.45, 2.75) is 6.92 Å². The number of Topliss-reactive ketones (excluding diaryl/α,β-unsaturated/α-hetero) is 1. The summed E-state index contributed by atoms with van der Waals surface area (Å²) in [6.07, 6.45) is 0. The van der Waals surface area contributed by atoms with Crippen LogP contribution < -0.4 is 14.2 Å². The molecule has 0 amide bonds. The maximum absolute atomic E-state index is 12.1. The Morgan fingerprint density at radius 1 is 0.920 bits per heavy atom. The van der Waals surface area contributed by atoms with Crippen LogP contribution in [0.5, 0.6) is 17.2 Å². The van der Waals surface area contributed by atoms with Crippen molar-refractivity contribution < 1.29 is 28.5 Å². The lowest BCUT2D eigenvalue weighted by molar-refractivity contribution is 0.0448. The third-order valence-corrected chi connectivity index (χ3v) is 3.43. The Hall–Kier alpha value is -3.02. The van der Waals surface area contributed by atoms with E-state index >= 15 is 0 Å². The normalized spacial score (nSPS) is 10.0. The smallest absolute Gasteiger partial charge is 0.338 e. The highest BCUT2D eigenvalue weighted by atomic mass is 16.6. The summed E-state index contributed by atoms with van der Waals surface area (Å²) in [5.74, 6) is 0.863. The summed E-state index contributed by atoms with van der Waals surface area (Å²) in [7, 11) is 3.01. The minimum absolute atomic E-state index is 0.0462. The van der Waals surface area contributed by atoms with Crippen molar-refractivity contribution in [3.63, 3.8) is 0 Å². The average molecular weight is 344 g/mol. The average Bonchev–Trinajstić information content (AvgIpc) is 2.64. The van der Waals surface area contributed by atoms with Gasteiger partial charge in [0.1, 0.15) is 30.5 Å². The van der Waals surface area contributed by atoms with Gasteiger partial charge in [0.15, 0.2) is 5.78 Å². The molecular formula is C19H20O6. The molecular weight excluding hydrogens is 324 g/mol. The molecule has 0 aromatic heterocycles. The number of esters is 1. The first-order valence-corrected chi connectivity index (χ1v) is 7.68. The van der Waals surface area contributed by atoms with Crippen LogP contribution in [0.3, 0.4) is 0 Å². The van der Waals surface area contributed by atoms with Crippen molar-refractivity contribution in [3.8, 4) is 17.2 Å². The van der Waals surface area contributed by atoms with Crippen LogP contribution >= 0.6 is 0 Å². The zero-order valence-electron chi connectivity index (χ0n) is 14.4. The number of carbonyl (C=O) groups is 2. The molecule has 0 spiro atoms. The maximum atomic E-state index is 12.1. The fourth-order valence-electron chi connectivity index (χ4n) is 2.18. The number of ether oxygens (including phenoxy) is 4. The molecule has 0 aliphatic rings. The molecule has 0 bridgehead atoms. The fraction of sp³-hybridized carbons (Fsp3) is 0.263. The summed E-state index contributed by atoms with van der Waals surface area (Å²) < 4.78 is 21.0. The van der Waals surface area contributed by atoms with E-state index in [9.17, 15) is 9.59 Å². The highest BCUT2D eigenvalue weighted by Crippen LogP contribution is 2.23. The molecule has 2 rings (SSSR count). The molecule has 0 fully saturated rings. The van der Waals surface area contributed by atoms with Gasteiger partial charge >= 0.3 is 5.97 Å². The van der Waals surface area contributed by atoms with Crippen molar-refractivity contribution in [3.05, 3.63) is 53.6 Å². The van der Waals surface area contributed by atoms with Gasteiger partial charge in [0.2, 0.25) is 0 Å². The van der Waals surface area contributed by atoms with Crippen LogP contribution in [-0.4, -0.2) is 39.2 Å². The fourth-order valence-corrected chi connectivity index (χ4v) is 2.18. The van der Waals surface area contributed by atoms with Crippen molar-refractivity contribution in [2.24, 2.45) is 0 Å². The largest absolute Gasteiger partial charge is 0.497 e. The molecule has 2 aromatic carbocycles. The Balaban J connectivity index is 1.92. The summed E-state index contributed by atoms with van der Waals surface area (Å²) in [6.45, 7) is 1.65. The molecule has 6 nitrogen and oxygen atoms in total. The molecule has 25 heavy (non-hydrogen) atoms. The van der Waals surface area contributed by atoms with Crippen LogP contribution in [0, 0.1) is 0 Å². The standard InChI is InChI=1S/C19H20O6/c1-13(20)17-6-4-5-7-18(17)24-8-9-25-19(21)14-10-15(22-2)12-16(11-14)23-3/h4-7,10-12H,8-9H2,1-3H3. The zero-order chi connectivity index (χ0) is 18.2. The van der Waals surface area contributed by atoms with Crippen LogP contribution in [0.4, 0.5) is 0 Å². The van der Waals surface area contributed by atoms with Crippen LogP contribution in [0.2, 0.25) is 0 Å². The van der Waals surface area contributed by atoms with Gasteiger partial charge in [-0.2, -0.15) is 0 Å². The highest BCUT2D eigenvalue weighted by Gasteiger charge is 2.12. The van der Waals surface area contributed by atoms with Gasteiger partial charge in [0.25, 0.3) is 0 Å². The first-order chi connectivity index (χ1) is 12.0. The van der Waals surface area contributed by atoms with E-state index in [1.54, 1.807) is 42.5 Å². The van der Waals surface area contributed by atoms with Gasteiger partial charge in [-0.15, -0.1) is 0 Å². The van der Waals surface area contributed by atoms with E-state index in [2.05, 4.69) is 0 Å². The topological polar surface area (TPSA) is 71.1 Å². The van der Waals surface area contributed by atoms with Gasteiger partial charge in [-0.1, -0.05) is 12.1 Å². The zero-order valence-corrected chi connectivity index (χ0v) is 14.4. The predicted molar refractivity (Wildman–Crippen MR) is 91.8 cm³/mol. The lowest BCUT2D eigenvalue weighted by atomic mass is 10.1. The van der Waals surface area contributed by atoms with Gasteiger partial charge in [-0.05, 0) is 31.2 Å². The van der Waals surface area contributed by atoms with Crippen LogP contribution in [0.25, 0.3) is 0 Å². The molecule has 0 N–H and O–H groups in total. The van der Waals surface area contributed by atoms with Gasteiger partial charge in [-0.3, -0.25) is 4.79 Å². The summed E-state index contributed by atoms with van der Waals surface area (Å²) in [5.41, 5.74) is 0.812. The van der Waals surface area contributed by atoms with E-state index in [1.165, 1.54) is 21.1 Å². The van der Waals surface area contributed by atoms with Crippen molar-refractivity contribution in [1.29, 1.82) is 0 Å². The van der Waals surface area contributed by atoms with Gasteiger partial charge in [0.05, 0.1) is 25.3 Å². The number of benzene rings is 2. The number of hydrogen-bond donors (Lipinski definition) is 0. The number of para-hydroxylation sites is 1. The molecule has 6 heteroatoms. The third-order valence-electron chi connectivity index (χ3n) is 3.43. The summed E-state index contributed by atoms with van der Waals surface area (Å²) >= 11 is 0. The van der Waals surface area contributed by atoms with Gasteiger partial charge in [-0.25, -0.2) is 4.79 Å². The number of ketones is 1. The molecule has 2 aromatic rings. The molecule has 132 valence electrons. The molecule has 0 heterocycles. The van der Waals surface area contributed by atoms with E-state index in [-0.39, 0.29) is 19.0 Å². The van der Waals surface area contributed by atoms with Crippen molar-refractivity contribution in [2.75, 3.05) is 27.4 Å². The number of rotatable bonds is 8. The van der Waals surface area contributed by atoms with E-state index in [0.29, 0.717) is 28.4 Å². The first kappa shape index (κ1) is 18.3. The molecule has 0 unspecified atom stereocenters. The van der Waals surface area contributed by atoms with Crippen molar-refractivity contribution in [1.82, 2.24) is 0 Å². The Morgan fingerprint density at radius 2 is 1.56 bits per heavy atom. The Kier molecular flexibility index (Phi) is 6.39. The highest BCUT2D eigenvalue weighted by molar-refractivity contribution is 5.96. The van der Waals surface area contributed by atoms with E-state index in [1.807, 2.05) is 0 Å². The maximum Gasteiger partial charge on any atom is 0.338 e. The second kappa shape index (κ2) is 8.73. The monoisotopic (exact) mass is 344 g/mol. The first-order valence-electron chi connectivity index (χ1n) is 7.68. The Labute approximate surface area is 146 Å². The SMILES string of the molecule is COc1cc(OC)cc(C(=O)OCCOc2ccccc2C(C)=O)c1. The minimum atomic E-state index is -0.513. The Morgan fingerprint density at radius 3 is 2.16 bits per heavy atom. The lowest BCUT2D eigenvalue weighted by Gasteiger charge is -2.11. The van der Waals surface area contributed by atoms with Crippen LogP contribution in [0.15, 0.2) is 42.5 Å². The lowest BCUT2D eigenvalue weighted by Crippen LogP contribution is -2.13. The molecule has 0 aliphatic carbocycles. The Bertz CT molecular complexity index is 731. The van der Waals surface area contributed by atoms with Gasteiger partial charge < -0.3 is 18.9 Å². The number of hydrogen-bond acceptors (Lipinski definition) is 6. The van der Waals surface area contributed by atoms with E-state index in [0.717, 1.165) is 0 Å². The van der Waals surface area contributed by atoms with Crippen LogP contribution in [-0.2, 0) is 4.74 Å². The number of carbonyl (C=O) groups excluding carboxylic acids is 2. The van der Waals surface area contributed by atoms with E-state index in [4.69, 9.17) is 18.9 Å².